The molecule has 0 saturated carbocycles. The van der Waals surface area contributed by atoms with Crippen LogP contribution in [0.3, 0.4) is 0 Å². The molecule has 0 aliphatic heterocycles. The standard InChI is InChI=1S/C17H20F3NO5/c1-3-26-14(23)7-10(2)15(16(24)25)21-13(22)9-11-5-4-6-12(8-11)17(18,19)20/h4-6,8,10,15H,3,7,9H2,1-2H3,(H,21,22)(H,24,25)/t10-,15+/m0/s1. The molecule has 1 rings (SSSR count). The predicted octanol–water partition coefficient (Wildman–Crippen LogP) is 2.41. The number of hydrogen-bond acceptors (Lipinski definition) is 4. The summed E-state index contributed by atoms with van der Waals surface area (Å²) in [5.41, 5.74) is -0.798. The Kier molecular flexibility index (Phi) is 7.60. The summed E-state index contributed by atoms with van der Waals surface area (Å²) in [6, 6.07) is 2.86. The lowest BCUT2D eigenvalue weighted by molar-refractivity contribution is -0.147. The second-order valence-corrected chi connectivity index (χ2v) is 5.74. The molecule has 1 amide bonds. The number of hydrogen-bond donors (Lipinski definition) is 2. The Labute approximate surface area is 148 Å². The molecule has 9 heteroatoms. The average molecular weight is 375 g/mol. The van der Waals surface area contributed by atoms with Crippen molar-refractivity contribution in [1.82, 2.24) is 5.32 Å². The van der Waals surface area contributed by atoms with Crippen molar-refractivity contribution in [2.75, 3.05) is 6.61 Å². The highest BCUT2D eigenvalue weighted by atomic mass is 19.4. The third-order valence-electron chi connectivity index (χ3n) is 3.56. The van der Waals surface area contributed by atoms with E-state index in [1.807, 2.05) is 0 Å². The van der Waals surface area contributed by atoms with E-state index in [1.54, 1.807) is 6.92 Å². The number of carboxylic acids is 1. The summed E-state index contributed by atoms with van der Waals surface area (Å²) >= 11 is 0. The number of benzene rings is 1. The molecular weight excluding hydrogens is 355 g/mol. The lowest BCUT2D eigenvalue weighted by Crippen LogP contribution is -2.46. The lowest BCUT2D eigenvalue weighted by Gasteiger charge is -2.21. The first kappa shape index (κ1) is 21.5. The summed E-state index contributed by atoms with van der Waals surface area (Å²) in [6.45, 7) is 3.21. The molecule has 1 aromatic carbocycles. The highest BCUT2D eigenvalue weighted by Gasteiger charge is 2.31. The fourth-order valence-corrected chi connectivity index (χ4v) is 2.32. The maximum absolute atomic E-state index is 12.7. The van der Waals surface area contributed by atoms with Crippen LogP contribution >= 0.6 is 0 Å². The monoisotopic (exact) mass is 375 g/mol. The van der Waals surface area contributed by atoms with Gasteiger partial charge in [-0.3, -0.25) is 9.59 Å². The molecule has 2 atom stereocenters. The number of ether oxygens (including phenoxy) is 1. The third-order valence-corrected chi connectivity index (χ3v) is 3.56. The van der Waals surface area contributed by atoms with E-state index in [2.05, 4.69) is 5.32 Å². The van der Waals surface area contributed by atoms with E-state index >= 15 is 0 Å². The van der Waals surface area contributed by atoms with Gasteiger partial charge in [-0.25, -0.2) is 4.79 Å². The van der Waals surface area contributed by atoms with Crippen LogP contribution in [0.2, 0.25) is 0 Å². The molecule has 0 saturated heterocycles. The number of nitrogens with one attached hydrogen (secondary N) is 1. The number of esters is 1. The highest BCUT2D eigenvalue weighted by molar-refractivity contribution is 5.85. The zero-order valence-corrected chi connectivity index (χ0v) is 14.3. The molecular formula is C17H20F3NO5. The average Bonchev–Trinajstić information content (AvgIpc) is 2.51. The van der Waals surface area contributed by atoms with E-state index in [9.17, 15) is 32.7 Å². The molecule has 26 heavy (non-hydrogen) atoms. The quantitative estimate of drug-likeness (QED) is 0.681. The Hall–Kier alpha value is -2.58. The predicted molar refractivity (Wildman–Crippen MR) is 85.1 cm³/mol. The molecule has 0 heterocycles. The third kappa shape index (κ3) is 6.73. The zero-order chi connectivity index (χ0) is 19.9. The van der Waals surface area contributed by atoms with Gasteiger partial charge in [-0.2, -0.15) is 13.2 Å². The number of rotatable bonds is 8. The van der Waals surface area contributed by atoms with Crippen LogP contribution in [0.1, 0.15) is 31.4 Å². The number of carbonyl (C=O) groups excluding carboxylic acids is 2. The minimum Gasteiger partial charge on any atom is -0.480 e. The van der Waals surface area contributed by atoms with Crippen molar-refractivity contribution in [2.24, 2.45) is 5.92 Å². The Bertz CT molecular complexity index is 660. The van der Waals surface area contributed by atoms with E-state index in [4.69, 9.17) is 4.74 Å². The van der Waals surface area contributed by atoms with Crippen LogP contribution in [-0.2, 0) is 31.7 Å². The Balaban J connectivity index is 2.76. The van der Waals surface area contributed by atoms with Crippen molar-refractivity contribution < 1.29 is 37.4 Å². The van der Waals surface area contributed by atoms with Crippen LogP contribution in [0.4, 0.5) is 13.2 Å². The Morgan fingerprint density at radius 2 is 1.92 bits per heavy atom. The van der Waals surface area contributed by atoms with Crippen LogP contribution in [0.15, 0.2) is 24.3 Å². The van der Waals surface area contributed by atoms with Gasteiger partial charge in [0.2, 0.25) is 5.91 Å². The minimum absolute atomic E-state index is 0.0968. The van der Waals surface area contributed by atoms with Crippen molar-refractivity contribution >= 4 is 17.8 Å². The van der Waals surface area contributed by atoms with E-state index in [1.165, 1.54) is 19.1 Å². The molecule has 0 aromatic heterocycles. The zero-order valence-electron chi connectivity index (χ0n) is 14.3. The van der Waals surface area contributed by atoms with Gasteiger partial charge in [-0.05, 0) is 24.5 Å². The summed E-state index contributed by atoms with van der Waals surface area (Å²) in [5.74, 6) is -3.46. The number of amides is 1. The molecule has 144 valence electrons. The van der Waals surface area contributed by atoms with Crippen LogP contribution in [0, 0.1) is 5.92 Å². The number of alkyl halides is 3. The fourth-order valence-electron chi connectivity index (χ4n) is 2.32. The summed E-state index contributed by atoms with van der Waals surface area (Å²) in [4.78, 5) is 34.8. The van der Waals surface area contributed by atoms with Gasteiger partial charge in [-0.1, -0.05) is 25.1 Å². The first-order chi connectivity index (χ1) is 12.0. The van der Waals surface area contributed by atoms with E-state index in [0.717, 1.165) is 12.1 Å². The van der Waals surface area contributed by atoms with Crippen LogP contribution < -0.4 is 5.32 Å². The summed E-state index contributed by atoms with van der Waals surface area (Å²) in [6.07, 6.45) is -5.17. The van der Waals surface area contributed by atoms with Crippen LogP contribution in [0.25, 0.3) is 0 Å². The van der Waals surface area contributed by atoms with Crippen molar-refractivity contribution in [3.63, 3.8) is 0 Å². The van der Waals surface area contributed by atoms with E-state index in [-0.39, 0.29) is 18.6 Å². The first-order valence-corrected chi connectivity index (χ1v) is 7.88. The number of carbonyl (C=O) groups is 3. The van der Waals surface area contributed by atoms with Gasteiger partial charge >= 0.3 is 18.1 Å². The van der Waals surface area contributed by atoms with Gasteiger partial charge in [0.05, 0.1) is 25.0 Å². The smallest absolute Gasteiger partial charge is 0.416 e. The SMILES string of the molecule is CCOC(=O)C[C@H](C)[C@@H](NC(=O)Cc1cccc(C(F)(F)F)c1)C(=O)O. The largest absolute Gasteiger partial charge is 0.480 e. The van der Waals surface area contributed by atoms with Gasteiger partial charge in [0.15, 0.2) is 0 Å². The van der Waals surface area contributed by atoms with Gasteiger partial charge in [-0.15, -0.1) is 0 Å². The summed E-state index contributed by atoms with van der Waals surface area (Å²) in [7, 11) is 0. The number of carboxylic acid groups (broad SMARTS) is 1. The van der Waals surface area contributed by atoms with Gasteiger partial charge in [0.1, 0.15) is 6.04 Å². The molecule has 0 aliphatic carbocycles. The minimum atomic E-state index is -4.54. The number of halogens is 3. The second kappa shape index (κ2) is 9.21. The van der Waals surface area contributed by atoms with Crippen molar-refractivity contribution in [2.45, 2.75) is 38.9 Å². The van der Waals surface area contributed by atoms with Crippen molar-refractivity contribution in [3.05, 3.63) is 35.4 Å². The Morgan fingerprint density at radius 3 is 2.46 bits per heavy atom. The molecule has 6 nitrogen and oxygen atoms in total. The van der Waals surface area contributed by atoms with Gasteiger partial charge in [0, 0.05) is 0 Å². The highest BCUT2D eigenvalue weighted by Crippen LogP contribution is 2.29. The van der Waals surface area contributed by atoms with E-state index in [0.29, 0.717) is 0 Å². The summed E-state index contributed by atoms with van der Waals surface area (Å²) in [5, 5.41) is 11.5. The second-order valence-electron chi connectivity index (χ2n) is 5.74. The number of aliphatic carboxylic acids is 1. The van der Waals surface area contributed by atoms with Crippen LogP contribution in [-0.4, -0.2) is 35.6 Å². The van der Waals surface area contributed by atoms with Gasteiger partial charge < -0.3 is 15.2 Å². The Morgan fingerprint density at radius 1 is 1.27 bits per heavy atom. The molecule has 0 fully saturated rings. The maximum Gasteiger partial charge on any atom is 0.416 e. The molecule has 0 aliphatic rings. The maximum atomic E-state index is 12.7. The molecule has 0 bridgehead atoms. The van der Waals surface area contributed by atoms with Crippen molar-refractivity contribution in [3.8, 4) is 0 Å². The van der Waals surface area contributed by atoms with Crippen LogP contribution in [0.5, 0.6) is 0 Å². The lowest BCUT2D eigenvalue weighted by atomic mass is 9.97. The normalized spacial score (nSPS) is 13.6. The molecule has 1 aromatic rings. The van der Waals surface area contributed by atoms with E-state index < -0.39 is 48.0 Å². The fraction of sp³-hybridized carbons (Fsp3) is 0.471. The summed E-state index contributed by atoms with van der Waals surface area (Å²) < 4.78 is 42.8. The first-order valence-electron chi connectivity index (χ1n) is 7.88. The molecule has 0 unspecified atom stereocenters. The molecule has 0 spiro atoms. The van der Waals surface area contributed by atoms with Crippen molar-refractivity contribution in [1.29, 1.82) is 0 Å². The van der Waals surface area contributed by atoms with Gasteiger partial charge in [0.25, 0.3) is 0 Å². The molecule has 0 radical (unpaired) electrons. The topological polar surface area (TPSA) is 92.7 Å². The molecule has 2 N–H and O–H groups in total.